The molecule has 2 atom stereocenters. The van der Waals surface area contributed by atoms with Crippen LogP contribution < -0.4 is 10.1 Å². The van der Waals surface area contributed by atoms with Crippen LogP contribution in [0.5, 0.6) is 5.75 Å². The summed E-state index contributed by atoms with van der Waals surface area (Å²) in [5.74, 6) is 0.301. The van der Waals surface area contributed by atoms with E-state index >= 15 is 0 Å². The van der Waals surface area contributed by atoms with E-state index in [9.17, 15) is 14.4 Å². The fourth-order valence-corrected chi connectivity index (χ4v) is 5.74. The SMILES string of the molecule is COc1ccccc1CC(=O)N1CCC([C@@]2(c3cccnc3)NC(=O)N(C[C@H]3CCCO3)C2=O)CC1. The fraction of sp³-hybridized carbons (Fsp3) is 0.481. The van der Waals surface area contributed by atoms with Gasteiger partial charge in [0.1, 0.15) is 5.75 Å². The van der Waals surface area contributed by atoms with Gasteiger partial charge in [-0.15, -0.1) is 0 Å². The number of carbonyl (C=O) groups is 3. The normalized spacial score (nSPS) is 24.8. The maximum atomic E-state index is 13.9. The Kier molecular flexibility index (Phi) is 6.91. The third-order valence-electron chi connectivity index (χ3n) is 7.65. The molecule has 0 aliphatic carbocycles. The Balaban J connectivity index is 1.33. The summed E-state index contributed by atoms with van der Waals surface area (Å²) in [7, 11) is 1.60. The Morgan fingerprint density at radius 1 is 1.17 bits per heavy atom. The number of methoxy groups -OCH3 is 1. The number of benzene rings is 1. The zero-order chi connectivity index (χ0) is 25.1. The van der Waals surface area contributed by atoms with Crippen molar-refractivity contribution in [3.8, 4) is 5.75 Å². The second-order valence-corrected chi connectivity index (χ2v) is 9.67. The van der Waals surface area contributed by atoms with Crippen molar-refractivity contribution in [2.75, 3.05) is 33.4 Å². The number of ether oxygens (including phenoxy) is 2. The van der Waals surface area contributed by atoms with Crippen LogP contribution in [-0.4, -0.2) is 72.1 Å². The molecule has 36 heavy (non-hydrogen) atoms. The van der Waals surface area contributed by atoms with Crippen LogP contribution in [0.15, 0.2) is 48.8 Å². The number of imide groups is 1. The molecule has 3 saturated heterocycles. The first-order valence-electron chi connectivity index (χ1n) is 12.6. The lowest BCUT2D eigenvalue weighted by molar-refractivity contribution is -0.137. The molecule has 3 aliphatic rings. The van der Waals surface area contributed by atoms with Crippen molar-refractivity contribution in [3.63, 3.8) is 0 Å². The van der Waals surface area contributed by atoms with E-state index in [0.717, 1.165) is 18.4 Å². The van der Waals surface area contributed by atoms with Crippen molar-refractivity contribution in [3.05, 3.63) is 59.9 Å². The molecule has 1 aromatic heterocycles. The van der Waals surface area contributed by atoms with Crippen LogP contribution in [0.1, 0.15) is 36.8 Å². The molecule has 190 valence electrons. The average molecular weight is 493 g/mol. The lowest BCUT2D eigenvalue weighted by atomic mass is 9.73. The fourth-order valence-electron chi connectivity index (χ4n) is 5.74. The van der Waals surface area contributed by atoms with E-state index in [1.54, 1.807) is 25.6 Å². The van der Waals surface area contributed by atoms with Crippen LogP contribution in [0.2, 0.25) is 0 Å². The summed E-state index contributed by atoms with van der Waals surface area (Å²) < 4.78 is 11.1. The molecule has 3 aliphatic heterocycles. The van der Waals surface area contributed by atoms with E-state index < -0.39 is 11.6 Å². The Morgan fingerprint density at radius 2 is 1.97 bits per heavy atom. The van der Waals surface area contributed by atoms with Gasteiger partial charge >= 0.3 is 6.03 Å². The molecule has 2 aromatic rings. The molecule has 9 heteroatoms. The molecular weight excluding hydrogens is 460 g/mol. The highest BCUT2D eigenvalue weighted by Crippen LogP contribution is 2.41. The van der Waals surface area contributed by atoms with Gasteiger partial charge in [0.2, 0.25) is 5.91 Å². The lowest BCUT2D eigenvalue weighted by Crippen LogP contribution is -2.54. The Morgan fingerprint density at radius 3 is 2.67 bits per heavy atom. The quantitative estimate of drug-likeness (QED) is 0.596. The van der Waals surface area contributed by atoms with Crippen LogP contribution in [0, 0.1) is 5.92 Å². The van der Waals surface area contributed by atoms with Gasteiger partial charge in [0.05, 0.1) is 26.2 Å². The van der Waals surface area contributed by atoms with Crippen LogP contribution in [-0.2, 0) is 26.3 Å². The Hall–Kier alpha value is -3.46. The van der Waals surface area contributed by atoms with Gasteiger partial charge in [-0.1, -0.05) is 24.3 Å². The number of pyridine rings is 1. The molecule has 4 amide bonds. The molecular formula is C27H32N4O5. The third kappa shape index (κ3) is 4.43. The molecule has 0 saturated carbocycles. The van der Waals surface area contributed by atoms with E-state index in [2.05, 4.69) is 10.3 Å². The minimum absolute atomic E-state index is 0.0233. The average Bonchev–Trinajstić information content (AvgIpc) is 3.52. The first-order valence-corrected chi connectivity index (χ1v) is 12.6. The lowest BCUT2D eigenvalue weighted by Gasteiger charge is -2.41. The van der Waals surface area contributed by atoms with Crippen LogP contribution in [0.3, 0.4) is 0 Å². The van der Waals surface area contributed by atoms with Crippen molar-refractivity contribution in [1.29, 1.82) is 0 Å². The predicted octanol–water partition coefficient (Wildman–Crippen LogP) is 2.50. The zero-order valence-corrected chi connectivity index (χ0v) is 20.5. The monoisotopic (exact) mass is 492 g/mol. The number of piperidine rings is 1. The minimum atomic E-state index is -1.19. The van der Waals surface area contributed by atoms with Gasteiger partial charge in [0.25, 0.3) is 5.91 Å². The number of hydrogen-bond donors (Lipinski definition) is 1. The van der Waals surface area contributed by atoms with Gasteiger partial charge < -0.3 is 19.7 Å². The first kappa shape index (κ1) is 24.2. The number of nitrogens with one attached hydrogen (secondary N) is 1. The van der Waals surface area contributed by atoms with E-state index in [0.29, 0.717) is 43.9 Å². The highest BCUT2D eigenvalue weighted by Gasteiger charge is 2.57. The molecule has 0 unspecified atom stereocenters. The van der Waals surface area contributed by atoms with E-state index in [4.69, 9.17) is 9.47 Å². The molecule has 0 radical (unpaired) electrons. The number of likely N-dealkylation sites (tertiary alicyclic amines) is 1. The molecule has 0 bridgehead atoms. The van der Waals surface area contributed by atoms with Crippen molar-refractivity contribution < 1.29 is 23.9 Å². The number of rotatable bonds is 7. The number of nitrogens with zero attached hydrogens (tertiary/aromatic N) is 3. The summed E-state index contributed by atoms with van der Waals surface area (Å²) in [5.41, 5.74) is 0.334. The van der Waals surface area contributed by atoms with E-state index in [1.165, 1.54) is 4.90 Å². The number of urea groups is 1. The Labute approximate surface area is 210 Å². The third-order valence-corrected chi connectivity index (χ3v) is 7.65. The highest BCUT2D eigenvalue weighted by molar-refractivity contribution is 6.07. The minimum Gasteiger partial charge on any atom is -0.496 e. The number of aromatic nitrogens is 1. The maximum Gasteiger partial charge on any atom is 0.325 e. The van der Waals surface area contributed by atoms with Crippen molar-refractivity contribution in [2.45, 2.75) is 43.7 Å². The van der Waals surface area contributed by atoms with Crippen LogP contribution in [0.25, 0.3) is 0 Å². The van der Waals surface area contributed by atoms with Crippen LogP contribution >= 0.6 is 0 Å². The van der Waals surface area contributed by atoms with E-state index in [-0.39, 0.29) is 36.8 Å². The summed E-state index contributed by atoms with van der Waals surface area (Å²) in [5, 5.41) is 3.05. The summed E-state index contributed by atoms with van der Waals surface area (Å²) in [6.45, 7) is 1.93. The summed E-state index contributed by atoms with van der Waals surface area (Å²) >= 11 is 0. The molecule has 1 N–H and O–H groups in total. The van der Waals surface area contributed by atoms with Gasteiger partial charge in [-0.2, -0.15) is 0 Å². The molecule has 3 fully saturated rings. The summed E-state index contributed by atoms with van der Waals surface area (Å²) in [6.07, 6.45) is 6.40. The van der Waals surface area contributed by atoms with Gasteiger partial charge in [0, 0.05) is 43.2 Å². The first-order chi connectivity index (χ1) is 17.5. The zero-order valence-electron chi connectivity index (χ0n) is 20.5. The van der Waals surface area contributed by atoms with Crippen molar-refractivity contribution >= 4 is 17.8 Å². The standard InChI is InChI=1S/C27H32N4O5/c1-35-23-9-3-2-6-19(23)16-24(32)30-13-10-20(11-14-30)27(21-7-4-12-28-17-21)25(33)31(26(34)29-27)18-22-8-5-15-36-22/h2-4,6-7,9,12,17,20,22H,5,8,10-11,13-16,18H2,1H3,(H,29,34)/t22-,27+/m1/s1. The number of para-hydroxylation sites is 1. The van der Waals surface area contributed by atoms with Gasteiger partial charge in [-0.05, 0) is 43.7 Å². The molecule has 5 rings (SSSR count). The molecule has 4 heterocycles. The smallest absolute Gasteiger partial charge is 0.325 e. The van der Waals surface area contributed by atoms with Crippen molar-refractivity contribution in [2.24, 2.45) is 5.92 Å². The predicted molar refractivity (Wildman–Crippen MR) is 131 cm³/mol. The number of carbonyl (C=O) groups excluding carboxylic acids is 3. The number of hydrogen-bond acceptors (Lipinski definition) is 6. The molecule has 0 spiro atoms. The Bertz CT molecular complexity index is 1110. The summed E-state index contributed by atoms with van der Waals surface area (Å²) in [6, 6.07) is 10.8. The van der Waals surface area contributed by atoms with Gasteiger partial charge in [-0.3, -0.25) is 19.5 Å². The van der Waals surface area contributed by atoms with Crippen molar-refractivity contribution in [1.82, 2.24) is 20.1 Å². The van der Waals surface area contributed by atoms with Gasteiger partial charge in [0.15, 0.2) is 5.54 Å². The number of amides is 4. The largest absolute Gasteiger partial charge is 0.496 e. The maximum absolute atomic E-state index is 13.9. The highest BCUT2D eigenvalue weighted by atomic mass is 16.5. The molecule has 9 nitrogen and oxygen atoms in total. The van der Waals surface area contributed by atoms with Gasteiger partial charge in [-0.25, -0.2) is 4.79 Å². The topological polar surface area (TPSA) is 101 Å². The van der Waals surface area contributed by atoms with E-state index in [1.807, 2.05) is 35.2 Å². The second-order valence-electron chi connectivity index (χ2n) is 9.67. The van der Waals surface area contributed by atoms with Crippen LogP contribution in [0.4, 0.5) is 4.79 Å². The second kappa shape index (κ2) is 10.3. The summed E-state index contributed by atoms with van der Waals surface area (Å²) in [4.78, 5) is 47.5. The molecule has 1 aromatic carbocycles.